The molecule has 0 saturated carbocycles. The number of carbonyl (C=O) groups is 1. The van der Waals surface area contributed by atoms with Crippen LogP contribution >= 0.6 is 11.8 Å². The van der Waals surface area contributed by atoms with Crippen LogP contribution in [-0.4, -0.2) is 29.1 Å². The lowest BCUT2D eigenvalue weighted by Gasteiger charge is -2.18. The third-order valence-corrected chi connectivity index (χ3v) is 5.98. The molecule has 1 amide bonds. The van der Waals surface area contributed by atoms with Crippen molar-refractivity contribution in [2.45, 2.75) is 35.2 Å². The van der Waals surface area contributed by atoms with E-state index in [1.807, 2.05) is 6.92 Å². The fourth-order valence-electron chi connectivity index (χ4n) is 2.30. The number of anilines is 2. The number of primary sulfonamides is 1. The molecule has 0 unspecified atom stereocenters. The molecule has 2 aromatic rings. The van der Waals surface area contributed by atoms with E-state index in [0.717, 1.165) is 11.8 Å². The van der Waals surface area contributed by atoms with Crippen molar-refractivity contribution in [1.82, 2.24) is 9.55 Å². The Morgan fingerprint density at radius 1 is 1.39 bits per heavy atom. The first-order chi connectivity index (χ1) is 13.2. The van der Waals surface area contributed by atoms with Crippen molar-refractivity contribution < 1.29 is 13.2 Å². The molecule has 1 aromatic heterocycles. The van der Waals surface area contributed by atoms with Crippen molar-refractivity contribution in [3.63, 3.8) is 0 Å². The maximum absolute atomic E-state index is 12.6. The van der Waals surface area contributed by atoms with Gasteiger partial charge in [0.05, 0.1) is 10.1 Å². The molecule has 0 saturated heterocycles. The van der Waals surface area contributed by atoms with Crippen molar-refractivity contribution in [1.29, 1.82) is 0 Å². The Bertz CT molecular complexity index is 1030. The average Bonchev–Trinajstić information content (AvgIpc) is 2.61. The summed E-state index contributed by atoms with van der Waals surface area (Å²) in [4.78, 5) is 28.2. The summed E-state index contributed by atoms with van der Waals surface area (Å²) >= 11 is 1.11. The van der Waals surface area contributed by atoms with E-state index in [9.17, 15) is 18.0 Å². The number of allylic oxidation sites excluding steroid dienone is 1. The van der Waals surface area contributed by atoms with Crippen LogP contribution < -0.4 is 21.7 Å². The number of rotatable bonds is 8. The number of hydrogen-bond acceptors (Lipinski definition) is 7. The Hall–Kier alpha value is -2.63. The maximum atomic E-state index is 12.6. The van der Waals surface area contributed by atoms with Gasteiger partial charge in [0.1, 0.15) is 5.82 Å². The number of thioether (sulfide) groups is 1. The van der Waals surface area contributed by atoms with Gasteiger partial charge < -0.3 is 15.6 Å². The lowest BCUT2D eigenvalue weighted by Crippen LogP contribution is -2.26. The second kappa shape index (κ2) is 9.04. The van der Waals surface area contributed by atoms with Crippen molar-refractivity contribution in [2.24, 2.45) is 5.14 Å². The minimum Gasteiger partial charge on any atom is -0.385 e. The number of nitrogens with two attached hydrogens (primary N) is 2. The average molecular weight is 424 g/mol. The van der Waals surface area contributed by atoms with Crippen molar-refractivity contribution in [3.05, 3.63) is 53.3 Å². The van der Waals surface area contributed by atoms with E-state index in [1.165, 1.54) is 30.3 Å². The number of sulfonamides is 1. The van der Waals surface area contributed by atoms with Gasteiger partial charge in [-0.3, -0.25) is 9.59 Å². The maximum Gasteiger partial charge on any atom is 0.275 e. The van der Waals surface area contributed by atoms with Gasteiger partial charge in [-0.2, -0.15) is 4.98 Å². The molecule has 2 rings (SSSR count). The lowest BCUT2D eigenvalue weighted by atomic mass is 10.3. The van der Waals surface area contributed by atoms with Crippen LogP contribution in [0.1, 0.15) is 13.3 Å². The number of nitrogen functional groups attached to an aromatic ring is 1. The first-order valence-electron chi connectivity index (χ1n) is 8.24. The standard InChI is InChI=1S/C17H21N5O4S2/c1-3-9-22-14(18)10-15(23)21-17(22)27-13(4-2)16(24)20-11-5-7-12(8-6-11)28(19,25)26/h3,5-8,10,13H,1,4,9,18H2,2H3,(H,20,24)(H2,19,25,26)/t13-/m0/s1. The zero-order chi connectivity index (χ0) is 20.9. The summed E-state index contributed by atoms with van der Waals surface area (Å²) in [5.74, 6) is -0.0890. The van der Waals surface area contributed by atoms with Crippen LogP contribution in [0.2, 0.25) is 0 Å². The highest BCUT2D eigenvalue weighted by Crippen LogP contribution is 2.26. The Morgan fingerprint density at radius 2 is 2.04 bits per heavy atom. The number of hydrogen-bond donors (Lipinski definition) is 3. The molecule has 0 aliphatic rings. The normalized spacial score (nSPS) is 12.4. The molecule has 1 aromatic carbocycles. The summed E-state index contributed by atoms with van der Waals surface area (Å²) in [6.07, 6.45) is 2.07. The third kappa shape index (κ3) is 5.44. The second-order valence-corrected chi connectivity index (χ2v) is 8.51. The molecular formula is C17H21N5O4S2. The van der Waals surface area contributed by atoms with E-state index in [1.54, 1.807) is 10.6 Å². The van der Waals surface area contributed by atoms with Gasteiger partial charge in [0.2, 0.25) is 15.9 Å². The van der Waals surface area contributed by atoms with Crippen molar-refractivity contribution in [3.8, 4) is 0 Å². The van der Waals surface area contributed by atoms with Gasteiger partial charge in [-0.25, -0.2) is 13.6 Å². The zero-order valence-electron chi connectivity index (χ0n) is 15.2. The van der Waals surface area contributed by atoms with Gasteiger partial charge in [0.25, 0.3) is 5.56 Å². The molecule has 1 atom stereocenters. The minimum atomic E-state index is -3.81. The molecule has 0 radical (unpaired) electrons. The summed E-state index contributed by atoms with van der Waals surface area (Å²) in [5, 5.41) is 7.53. The monoisotopic (exact) mass is 423 g/mol. The van der Waals surface area contributed by atoms with Crippen LogP contribution in [0.4, 0.5) is 11.5 Å². The fraction of sp³-hybridized carbons (Fsp3) is 0.235. The smallest absolute Gasteiger partial charge is 0.275 e. The zero-order valence-corrected chi connectivity index (χ0v) is 16.8. The van der Waals surface area contributed by atoms with E-state index in [2.05, 4.69) is 16.9 Å². The Labute approximate surface area is 166 Å². The van der Waals surface area contributed by atoms with Crippen LogP contribution in [-0.2, 0) is 21.4 Å². The van der Waals surface area contributed by atoms with E-state index < -0.39 is 20.8 Å². The molecule has 28 heavy (non-hydrogen) atoms. The van der Waals surface area contributed by atoms with Gasteiger partial charge in [0.15, 0.2) is 5.16 Å². The molecule has 0 aliphatic heterocycles. The largest absolute Gasteiger partial charge is 0.385 e. The molecule has 150 valence electrons. The number of carbonyl (C=O) groups excluding carboxylic acids is 1. The van der Waals surface area contributed by atoms with Gasteiger partial charge in [-0.1, -0.05) is 24.8 Å². The first kappa shape index (κ1) is 21.7. The van der Waals surface area contributed by atoms with Crippen molar-refractivity contribution in [2.75, 3.05) is 11.1 Å². The third-order valence-electron chi connectivity index (χ3n) is 3.69. The van der Waals surface area contributed by atoms with E-state index in [4.69, 9.17) is 10.9 Å². The molecule has 1 heterocycles. The number of aromatic nitrogens is 2. The number of amides is 1. The van der Waals surface area contributed by atoms with Crippen LogP contribution in [0.5, 0.6) is 0 Å². The van der Waals surface area contributed by atoms with Crippen LogP contribution in [0, 0.1) is 0 Å². The summed E-state index contributed by atoms with van der Waals surface area (Å²) in [6.45, 7) is 5.82. The molecule has 0 spiro atoms. The number of nitrogens with zero attached hydrogens (tertiary/aromatic N) is 2. The molecule has 5 N–H and O–H groups in total. The van der Waals surface area contributed by atoms with E-state index in [-0.39, 0.29) is 16.6 Å². The fourth-order valence-corrected chi connectivity index (χ4v) is 3.86. The number of nitrogens with one attached hydrogen (secondary N) is 1. The Morgan fingerprint density at radius 3 is 2.57 bits per heavy atom. The molecule has 0 fully saturated rings. The highest BCUT2D eigenvalue weighted by atomic mass is 32.2. The van der Waals surface area contributed by atoms with Crippen LogP contribution in [0.15, 0.2) is 57.8 Å². The van der Waals surface area contributed by atoms with Gasteiger partial charge >= 0.3 is 0 Å². The van der Waals surface area contributed by atoms with Gasteiger partial charge in [-0.15, -0.1) is 6.58 Å². The van der Waals surface area contributed by atoms with E-state index in [0.29, 0.717) is 23.8 Å². The predicted molar refractivity (Wildman–Crippen MR) is 109 cm³/mol. The predicted octanol–water partition coefficient (Wildman–Crippen LogP) is 1.17. The van der Waals surface area contributed by atoms with Gasteiger partial charge in [0, 0.05) is 18.3 Å². The quantitative estimate of drug-likeness (QED) is 0.327. The topological polar surface area (TPSA) is 150 Å². The number of benzene rings is 1. The summed E-state index contributed by atoms with van der Waals surface area (Å²) in [5.41, 5.74) is 5.80. The molecular weight excluding hydrogens is 402 g/mol. The van der Waals surface area contributed by atoms with E-state index >= 15 is 0 Å². The Balaban J connectivity index is 2.21. The van der Waals surface area contributed by atoms with Gasteiger partial charge in [-0.05, 0) is 30.7 Å². The first-order valence-corrected chi connectivity index (χ1v) is 10.7. The highest BCUT2D eigenvalue weighted by molar-refractivity contribution is 8.00. The summed E-state index contributed by atoms with van der Waals surface area (Å²) in [6, 6.07) is 6.71. The van der Waals surface area contributed by atoms with Crippen LogP contribution in [0.25, 0.3) is 0 Å². The lowest BCUT2D eigenvalue weighted by molar-refractivity contribution is -0.115. The second-order valence-electron chi connectivity index (χ2n) is 5.77. The molecule has 0 aliphatic carbocycles. The Kier molecular flexibility index (Phi) is 7.00. The summed E-state index contributed by atoms with van der Waals surface area (Å²) < 4.78 is 24.2. The molecule has 0 bridgehead atoms. The SMILES string of the molecule is C=CCn1c(N)cc(=O)nc1S[C@@H](CC)C(=O)Nc1ccc(S(N)(=O)=O)cc1. The highest BCUT2D eigenvalue weighted by Gasteiger charge is 2.21. The summed E-state index contributed by atoms with van der Waals surface area (Å²) in [7, 11) is -3.81. The van der Waals surface area contributed by atoms with Crippen LogP contribution in [0.3, 0.4) is 0 Å². The molecule has 11 heteroatoms. The van der Waals surface area contributed by atoms with Crippen molar-refractivity contribution >= 4 is 39.2 Å². The molecule has 9 nitrogen and oxygen atoms in total. The minimum absolute atomic E-state index is 0.0516.